The molecule has 1 aromatic heterocycles. The van der Waals surface area contributed by atoms with Gasteiger partial charge in [-0.2, -0.15) is 4.98 Å². The predicted molar refractivity (Wildman–Crippen MR) is 141 cm³/mol. The van der Waals surface area contributed by atoms with Crippen molar-refractivity contribution in [3.63, 3.8) is 0 Å². The van der Waals surface area contributed by atoms with Crippen LogP contribution in [0.1, 0.15) is 18.4 Å². The Balaban J connectivity index is 1.41. The van der Waals surface area contributed by atoms with Crippen LogP contribution >= 0.6 is 0 Å². The van der Waals surface area contributed by atoms with Gasteiger partial charge in [-0.05, 0) is 36.6 Å². The van der Waals surface area contributed by atoms with Crippen LogP contribution in [0.4, 0.5) is 17.5 Å². The zero-order valence-corrected chi connectivity index (χ0v) is 21.6. The third-order valence-corrected chi connectivity index (χ3v) is 6.30. The smallest absolute Gasteiger partial charge is 0.229 e. The second-order valence-electron chi connectivity index (χ2n) is 8.63. The van der Waals surface area contributed by atoms with Gasteiger partial charge in [-0.3, -0.25) is 4.79 Å². The van der Waals surface area contributed by atoms with Crippen LogP contribution in [0.5, 0.6) is 23.0 Å². The summed E-state index contributed by atoms with van der Waals surface area (Å²) in [6, 6.07) is 13.1. The number of anilines is 3. The summed E-state index contributed by atoms with van der Waals surface area (Å²) in [5, 5.41) is 6.28. The van der Waals surface area contributed by atoms with Crippen molar-refractivity contribution in [1.82, 2.24) is 15.3 Å². The first-order valence-corrected chi connectivity index (χ1v) is 12.1. The molecule has 196 valence electrons. The molecule has 3 aromatic rings. The van der Waals surface area contributed by atoms with Gasteiger partial charge in [0.05, 0.1) is 34.4 Å². The molecule has 1 aliphatic rings. The van der Waals surface area contributed by atoms with Crippen LogP contribution in [-0.4, -0.2) is 57.4 Å². The normalized spacial score (nSPS) is 15.0. The lowest BCUT2D eigenvalue weighted by atomic mass is 9.97. The minimum Gasteiger partial charge on any atom is -0.497 e. The van der Waals surface area contributed by atoms with E-state index >= 15 is 0 Å². The van der Waals surface area contributed by atoms with Gasteiger partial charge in [-0.25, -0.2) is 4.98 Å². The molecule has 1 amide bonds. The third-order valence-electron chi connectivity index (χ3n) is 6.30. The Labute approximate surface area is 216 Å². The zero-order chi connectivity index (χ0) is 26.2. The quantitative estimate of drug-likeness (QED) is 0.424. The van der Waals surface area contributed by atoms with Gasteiger partial charge in [-0.15, -0.1) is 0 Å². The van der Waals surface area contributed by atoms with Gasteiger partial charge in [0.2, 0.25) is 17.6 Å². The molecular formula is C27H33N5O5. The molecule has 10 heteroatoms. The Morgan fingerprint density at radius 1 is 1.00 bits per heavy atom. The van der Waals surface area contributed by atoms with Gasteiger partial charge in [0, 0.05) is 43.7 Å². The van der Waals surface area contributed by atoms with E-state index in [0.717, 1.165) is 36.5 Å². The Kier molecular flexibility index (Phi) is 8.50. The molecule has 2 heterocycles. The number of aromatic nitrogens is 2. The van der Waals surface area contributed by atoms with Crippen molar-refractivity contribution in [3.8, 4) is 23.0 Å². The summed E-state index contributed by atoms with van der Waals surface area (Å²) in [5.41, 5.74) is 1.72. The summed E-state index contributed by atoms with van der Waals surface area (Å²) in [6.45, 7) is 1.90. The topological polar surface area (TPSA) is 107 Å². The maximum atomic E-state index is 12.9. The fourth-order valence-corrected chi connectivity index (χ4v) is 4.34. The lowest BCUT2D eigenvalue weighted by molar-refractivity contribution is -0.125. The lowest BCUT2D eigenvalue weighted by Crippen LogP contribution is -2.43. The average Bonchev–Trinajstić information content (AvgIpc) is 2.95. The molecule has 2 aromatic carbocycles. The maximum Gasteiger partial charge on any atom is 0.229 e. The number of hydrogen-bond donors (Lipinski definition) is 2. The Hall–Kier alpha value is -4.21. The molecule has 0 aliphatic carbocycles. The van der Waals surface area contributed by atoms with Gasteiger partial charge < -0.3 is 34.5 Å². The van der Waals surface area contributed by atoms with Crippen molar-refractivity contribution < 1.29 is 23.7 Å². The summed E-state index contributed by atoms with van der Waals surface area (Å²) < 4.78 is 21.4. The van der Waals surface area contributed by atoms with Crippen LogP contribution in [0.15, 0.2) is 48.7 Å². The molecule has 1 saturated heterocycles. The number of nitrogens with one attached hydrogen (secondary N) is 2. The predicted octanol–water partition coefficient (Wildman–Crippen LogP) is 3.79. The van der Waals surface area contributed by atoms with E-state index in [4.69, 9.17) is 23.9 Å². The number of ether oxygens (including phenoxy) is 4. The van der Waals surface area contributed by atoms with Crippen LogP contribution in [-0.2, 0) is 11.3 Å². The van der Waals surface area contributed by atoms with Gasteiger partial charge in [0.15, 0.2) is 11.5 Å². The van der Waals surface area contributed by atoms with Crippen LogP contribution in [0.3, 0.4) is 0 Å². The number of carbonyl (C=O) groups is 1. The first kappa shape index (κ1) is 25.9. The highest BCUT2D eigenvalue weighted by Crippen LogP contribution is 2.40. The van der Waals surface area contributed by atoms with E-state index in [1.165, 1.54) is 0 Å². The fraction of sp³-hybridized carbons (Fsp3) is 0.370. The van der Waals surface area contributed by atoms with Crippen LogP contribution < -0.4 is 34.5 Å². The van der Waals surface area contributed by atoms with Gasteiger partial charge >= 0.3 is 0 Å². The van der Waals surface area contributed by atoms with Crippen molar-refractivity contribution in [1.29, 1.82) is 0 Å². The lowest BCUT2D eigenvalue weighted by Gasteiger charge is -2.33. The molecule has 37 heavy (non-hydrogen) atoms. The molecule has 10 nitrogen and oxygen atoms in total. The molecule has 1 aliphatic heterocycles. The van der Waals surface area contributed by atoms with Crippen LogP contribution in [0.25, 0.3) is 0 Å². The second-order valence-corrected chi connectivity index (χ2v) is 8.63. The van der Waals surface area contributed by atoms with E-state index in [9.17, 15) is 4.79 Å². The summed E-state index contributed by atoms with van der Waals surface area (Å²) in [5.74, 6) is 3.48. The van der Waals surface area contributed by atoms with E-state index in [2.05, 4.69) is 20.5 Å². The Morgan fingerprint density at radius 3 is 2.38 bits per heavy atom. The minimum atomic E-state index is -0.117. The first-order valence-electron chi connectivity index (χ1n) is 12.1. The first-order chi connectivity index (χ1) is 18.0. The van der Waals surface area contributed by atoms with E-state index in [-0.39, 0.29) is 11.8 Å². The van der Waals surface area contributed by atoms with Gasteiger partial charge in [0.1, 0.15) is 11.6 Å². The van der Waals surface area contributed by atoms with Gasteiger partial charge in [0.25, 0.3) is 0 Å². The molecule has 4 rings (SSSR count). The number of benzene rings is 2. The number of hydrogen-bond acceptors (Lipinski definition) is 9. The van der Waals surface area contributed by atoms with Crippen molar-refractivity contribution in [2.45, 2.75) is 19.4 Å². The molecule has 0 radical (unpaired) electrons. The molecule has 1 atom stereocenters. The SMILES string of the molecule is COc1ccc(CNC(=O)[C@H]2CCCN(c3ccnc(Nc4cc(OC)c(OC)c(OC)c4)n3)C2)cc1. The highest BCUT2D eigenvalue weighted by Gasteiger charge is 2.26. The number of methoxy groups -OCH3 is 4. The second kappa shape index (κ2) is 12.2. The summed E-state index contributed by atoms with van der Waals surface area (Å²) in [6.07, 6.45) is 3.45. The zero-order valence-electron chi connectivity index (χ0n) is 21.6. The van der Waals surface area contributed by atoms with Crippen molar-refractivity contribution in [2.75, 3.05) is 51.7 Å². The van der Waals surface area contributed by atoms with Gasteiger partial charge in [-0.1, -0.05) is 12.1 Å². The monoisotopic (exact) mass is 507 g/mol. The summed E-state index contributed by atoms with van der Waals surface area (Å²) in [7, 11) is 6.33. The Bertz CT molecular complexity index is 1180. The van der Waals surface area contributed by atoms with Crippen LogP contribution in [0.2, 0.25) is 0 Å². The number of rotatable bonds is 10. The van der Waals surface area contributed by atoms with E-state index in [1.54, 1.807) is 46.8 Å². The fourth-order valence-electron chi connectivity index (χ4n) is 4.34. The highest BCUT2D eigenvalue weighted by molar-refractivity contribution is 5.79. The van der Waals surface area contributed by atoms with E-state index in [0.29, 0.717) is 42.0 Å². The highest BCUT2D eigenvalue weighted by atomic mass is 16.5. The van der Waals surface area contributed by atoms with E-state index in [1.807, 2.05) is 30.3 Å². The Morgan fingerprint density at radius 2 is 1.73 bits per heavy atom. The molecular weight excluding hydrogens is 474 g/mol. The summed E-state index contributed by atoms with van der Waals surface area (Å²) in [4.78, 5) is 24.1. The number of carbonyl (C=O) groups excluding carboxylic acids is 1. The molecule has 0 saturated carbocycles. The average molecular weight is 508 g/mol. The molecule has 1 fully saturated rings. The third kappa shape index (κ3) is 6.32. The maximum absolute atomic E-state index is 12.9. The van der Waals surface area contributed by atoms with Crippen molar-refractivity contribution >= 4 is 23.4 Å². The number of nitrogens with zero attached hydrogens (tertiary/aromatic N) is 3. The van der Waals surface area contributed by atoms with E-state index < -0.39 is 0 Å². The van der Waals surface area contributed by atoms with Crippen LogP contribution in [0, 0.1) is 5.92 Å². The van der Waals surface area contributed by atoms with Crippen molar-refractivity contribution in [3.05, 3.63) is 54.2 Å². The minimum absolute atomic E-state index is 0.0466. The largest absolute Gasteiger partial charge is 0.497 e. The molecule has 0 unspecified atom stereocenters. The standard InChI is InChI=1S/C27H33N5O5/c1-34-21-9-7-18(8-10-21)16-29-26(33)19-6-5-13-32(17-19)24-11-12-28-27(31-24)30-20-14-22(35-2)25(37-4)23(15-20)36-3/h7-12,14-15,19H,5-6,13,16-17H2,1-4H3,(H,29,33)(H,28,30,31)/t19-/m0/s1. The summed E-state index contributed by atoms with van der Waals surface area (Å²) >= 11 is 0. The van der Waals surface area contributed by atoms with Crippen molar-refractivity contribution in [2.24, 2.45) is 5.92 Å². The molecule has 0 spiro atoms. The number of amides is 1. The molecule has 2 N–H and O–H groups in total. The molecule has 0 bridgehead atoms. The number of piperidine rings is 1.